The van der Waals surface area contributed by atoms with Crippen LogP contribution in [-0.2, 0) is 35.1 Å². The number of alkyl carbamates (subject to hydrolysis) is 1. The summed E-state index contributed by atoms with van der Waals surface area (Å²) in [5, 5.41) is 13.8. The summed E-state index contributed by atoms with van der Waals surface area (Å²) in [6.45, 7) is 16.7. The molecule has 2 rings (SSSR count). The van der Waals surface area contributed by atoms with Gasteiger partial charge in [-0.2, -0.15) is 0 Å². The van der Waals surface area contributed by atoms with Gasteiger partial charge in [0, 0.05) is 18.6 Å². The van der Waals surface area contributed by atoms with Crippen molar-refractivity contribution in [2.45, 2.75) is 96.9 Å². The molecule has 0 unspecified atom stereocenters. The number of rotatable bonds is 14. The summed E-state index contributed by atoms with van der Waals surface area (Å²) in [6.07, 6.45) is -4.41. The van der Waals surface area contributed by atoms with Gasteiger partial charge in [-0.05, 0) is 57.5 Å². The molecule has 0 heterocycles. The number of hydrogen-bond acceptors (Lipinski definition) is 10. The van der Waals surface area contributed by atoms with Crippen molar-refractivity contribution in [3.63, 3.8) is 0 Å². The van der Waals surface area contributed by atoms with E-state index in [9.17, 15) is 32.9 Å². The van der Waals surface area contributed by atoms with Gasteiger partial charge in [0.25, 0.3) is 5.69 Å². The van der Waals surface area contributed by atoms with Crippen molar-refractivity contribution in [1.29, 1.82) is 0 Å². The molecule has 0 saturated carbocycles. The predicted molar refractivity (Wildman–Crippen MR) is 185 cm³/mol. The van der Waals surface area contributed by atoms with Crippen LogP contribution in [0, 0.1) is 10.1 Å². The third-order valence-corrected chi connectivity index (χ3v) is 13.7. The van der Waals surface area contributed by atoms with Crippen LogP contribution in [0.3, 0.4) is 0 Å². The van der Waals surface area contributed by atoms with Crippen LogP contribution in [0.1, 0.15) is 65.7 Å². The third-order valence-electron chi connectivity index (χ3n) is 7.50. The highest BCUT2D eigenvalue weighted by Crippen LogP contribution is 2.39. The average Bonchev–Trinajstić information content (AvgIpc) is 2.90. The molecule has 14 nitrogen and oxygen atoms in total. The predicted octanol–water partition coefficient (Wildman–Crippen LogP) is 6.24. The van der Waals surface area contributed by atoms with Gasteiger partial charge in [0.1, 0.15) is 17.4 Å². The van der Waals surface area contributed by atoms with Crippen LogP contribution in [0.4, 0.5) is 21.0 Å². The average molecular weight is 729 g/mol. The molecular formula is C31H45ClN4O10SSi. The molecule has 0 aliphatic rings. The number of carbonyl (C=O) groups excluding carboxylic acids is 3. The van der Waals surface area contributed by atoms with Crippen LogP contribution >= 0.6 is 11.6 Å². The molecule has 0 radical (unpaired) electrons. The van der Waals surface area contributed by atoms with Crippen molar-refractivity contribution in [3.05, 3.63) is 68.7 Å². The quantitative estimate of drug-likeness (QED) is 0.113. The van der Waals surface area contributed by atoms with E-state index in [-0.39, 0.29) is 39.0 Å². The number of halogens is 1. The Morgan fingerprint density at radius 1 is 1.04 bits per heavy atom. The molecule has 2 aromatic carbocycles. The van der Waals surface area contributed by atoms with Gasteiger partial charge in [0.05, 0.1) is 21.2 Å². The fourth-order valence-corrected chi connectivity index (χ4v) is 7.32. The van der Waals surface area contributed by atoms with Gasteiger partial charge in [0.2, 0.25) is 10.0 Å². The maximum atomic E-state index is 13.6. The highest BCUT2D eigenvalue weighted by molar-refractivity contribution is 7.93. The van der Waals surface area contributed by atoms with Gasteiger partial charge in [-0.1, -0.05) is 62.7 Å². The minimum Gasteiger partial charge on any atom is -0.444 e. The van der Waals surface area contributed by atoms with Gasteiger partial charge in [0.15, 0.2) is 20.2 Å². The zero-order valence-corrected chi connectivity index (χ0v) is 31.2. The van der Waals surface area contributed by atoms with Gasteiger partial charge < -0.3 is 25.0 Å². The molecule has 48 heavy (non-hydrogen) atoms. The number of nitrogens with zero attached hydrogens (tertiary/aromatic N) is 1. The number of nitro groups is 1. The summed E-state index contributed by atoms with van der Waals surface area (Å²) in [5.41, 5.74) is 4.01. The molecule has 0 spiro atoms. The number of sulfonamides is 1. The zero-order valence-electron chi connectivity index (χ0n) is 28.6. The highest BCUT2D eigenvalue weighted by atomic mass is 35.5. The lowest BCUT2D eigenvalue weighted by Gasteiger charge is -2.38. The molecule has 266 valence electrons. The Hall–Kier alpha value is -3.73. The Balaban J connectivity index is 2.47. The molecular weight excluding hydrogens is 684 g/mol. The lowest BCUT2D eigenvalue weighted by atomic mass is 9.99. The summed E-state index contributed by atoms with van der Waals surface area (Å²) < 4.78 is 45.8. The number of anilines is 1. The van der Waals surface area contributed by atoms with Crippen LogP contribution < -0.4 is 15.8 Å². The summed E-state index contributed by atoms with van der Waals surface area (Å²) in [7, 11) is -6.86. The first kappa shape index (κ1) is 40.4. The molecule has 4 N–H and O–H groups in total. The number of nitrogens with one attached hydrogen (secondary N) is 2. The maximum absolute atomic E-state index is 13.6. The maximum Gasteiger partial charge on any atom is 0.408 e. The van der Waals surface area contributed by atoms with E-state index >= 15 is 0 Å². The first-order valence-corrected chi connectivity index (χ1v) is 19.9. The minimum atomic E-state index is -4.59. The van der Waals surface area contributed by atoms with E-state index in [1.165, 1.54) is 12.1 Å². The fraction of sp³-hybridized carbons (Fsp3) is 0.516. The molecule has 17 heteroatoms. The Kier molecular flexibility index (Phi) is 13.2. The lowest BCUT2D eigenvalue weighted by Crippen LogP contribution is -2.50. The van der Waals surface area contributed by atoms with Gasteiger partial charge >= 0.3 is 12.2 Å². The van der Waals surface area contributed by atoms with Gasteiger partial charge in [-0.3, -0.25) is 19.6 Å². The standard InChI is InChI=1S/C31H45ClN4O10SSi/c1-19(46-48(8,9)31(5,6)7)17-21-23(36(40)41)16-15-22(25(21)32)35-47(42,43)18-24(37)26(34-29(39)45-30(2,3)4)27(44-28(33)38)20-13-11-10-12-14-20/h10-16,19,26-27,35H,17-18H2,1-9H3,(H2,33,38)(H,34,39)/t19-,26+,27-/m0/s1. The fourth-order valence-electron chi connectivity index (χ4n) is 4.40. The number of nitro benzene ring substituents is 1. The smallest absolute Gasteiger partial charge is 0.408 e. The molecule has 0 aromatic heterocycles. The van der Waals surface area contributed by atoms with E-state index < -0.39 is 70.8 Å². The highest BCUT2D eigenvalue weighted by Gasteiger charge is 2.40. The van der Waals surface area contributed by atoms with Crippen molar-refractivity contribution in [1.82, 2.24) is 5.32 Å². The Morgan fingerprint density at radius 2 is 1.62 bits per heavy atom. The molecule has 0 fully saturated rings. The monoisotopic (exact) mass is 728 g/mol. The summed E-state index contributed by atoms with van der Waals surface area (Å²) in [6, 6.07) is 8.25. The van der Waals surface area contributed by atoms with Crippen molar-refractivity contribution >= 4 is 59.3 Å². The van der Waals surface area contributed by atoms with E-state index in [0.717, 1.165) is 12.1 Å². The third kappa shape index (κ3) is 11.8. The Bertz CT molecular complexity index is 1610. The summed E-state index contributed by atoms with van der Waals surface area (Å²) in [4.78, 5) is 49.5. The van der Waals surface area contributed by atoms with Crippen molar-refractivity contribution in [2.75, 3.05) is 10.5 Å². The van der Waals surface area contributed by atoms with Crippen molar-refractivity contribution in [3.8, 4) is 0 Å². The van der Waals surface area contributed by atoms with Crippen LogP contribution in [0.15, 0.2) is 42.5 Å². The first-order valence-electron chi connectivity index (χ1n) is 15.0. The number of ketones is 1. The van der Waals surface area contributed by atoms with E-state index in [4.69, 9.17) is 31.2 Å². The van der Waals surface area contributed by atoms with Crippen molar-refractivity contribution in [2.24, 2.45) is 5.73 Å². The molecule has 0 bridgehead atoms. The summed E-state index contributed by atoms with van der Waals surface area (Å²) >= 11 is 6.58. The molecule has 3 atom stereocenters. The number of benzene rings is 2. The Morgan fingerprint density at radius 3 is 2.12 bits per heavy atom. The first-order chi connectivity index (χ1) is 21.8. The van der Waals surface area contributed by atoms with E-state index in [0.29, 0.717) is 0 Å². The number of primary amides is 1. The number of amides is 2. The number of carbonyl (C=O) groups is 3. The number of Topliss-reactive ketones (excluding diaryl/α,β-unsaturated/α-hetero) is 1. The largest absolute Gasteiger partial charge is 0.444 e. The van der Waals surface area contributed by atoms with Crippen LogP contribution in [0.5, 0.6) is 0 Å². The van der Waals surface area contributed by atoms with Crippen LogP contribution in [0.25, 0.3) is 0 Å². The number of ether oxygens (including phenoxy) is 2. The second-order valence-corrected chi connectivity index (χ2v) is 20.7. The van der Waals surface area contributed by atoms with Gasteiger partial charge in [-0.15, -0.1) is 0 Å². The lowest BCUT2D eigenvalue weighted by molar-refractivity contribution is -0.385. The molecule has 2 aromatic rings. The molecule has 0 aliphatic heterocycles. The second kappa shape index (κ2) is 15.7. The molecule has 2 amide bonds. The van der Waals surface area contributed by atoms with Gasteiger partial charge in [-0.25, -0.2) is 18.0 Å². The number of nitrogens with two attached hydrogens (primary N) is 1. The normalized spacial score (nSPS) is 14.3. The topological polar surface area (TPSA) is 206 Å². The van der Waals surface area contributed by atoms with Crippen molar-refractivity contribution < 1.29 is 41.6 Å². The minimum absolute atomic E-state index is 0.00124. The molecule has 0 aliphatic carbocycles. The summed E-state index contributed by atoms with van der Waals surface area (Å²) in [5.74, 6) is -2.33. The van der Waals surface area contributed by atoms with E-state index in [1.54, 1.807) is 45.9 Å². The molecule has 0 saturated heterocycles. The van der Waals surface area contributed by atoms with Crippen LogP contribution in [-0.4, -0.2) is 63.1 Å². The van der Waals surface area contributed by atoms with Crippen LogP contribution in [0.2, 0.25) is 23.2 Å². The SMILES string of the molecule is C[C@@H](Cc1c([N+](=O)[O-])ccc(NS(=O)(=O)CC(=O)[C@@H](NC(=O)OC(C)(C)C)[C@@H](OC(N)=O)c2ccccc2)c1Cl)O[Si](C)(C)C(C)(C)C. The van der Waals surface area contributed by atoms with E-state index in [2.05, 4.69) is 10.0 Å². The van der Waals surface area contributed by atoms with E-state index in [1.807, 2.05) is 33.9 Å². The second-order valence-electron chi connectivity index (χ2n) is 13.8. The Labute approximate surface area is 287 Å². The number of hydrogen-bond donors (Lipinski definition) is 3. The zero-order chi connectivity index (χ0) is 36.8.